The molecule has 1 heterocycles. The van der Waals surface area contributed by atoms with Gasteiger partial charge in [-0.2, -0.15) is 0 Å². The lowest BCUT2D eigenvalue weighted by molar-refractivity contribution is -0.136. The third kappa shape index (κ3) is 4.48. The Balaban J connectivity index is 1.86. The second-order valence-electron chi connectivity index (χ2n) is 5.59. The Morgan fingerprint density at radius 1 is 1.33 bits per heavy atom. The van der Waals surface area contributed by atoms with E-state index in [2.05, 4.69) is 12.2 Å². The number of hydrogen-bond acceptors (Lipinski definition) is 2. The van der Waals surface area contributed by atoms with Gasteiger partial charge in [0.15, 0.2) is 0 Å². The number of benzene rings is 1. The summed E-state index contributed by atoms with van der Waals surface area (Å²) < 4.78 is 0. The maximum absolute atomic E-state index is 12.1. The van der Waals surface area contributed by atoms with Gasteiger partial charge in [0.05, 0.1) is 6.42 Å². The molecule has 5 nitrogen and oxygen atoms in total. The molecule has 1 aromatic carbocycles. The molecule has 0 aromatic heterocycles. The third-order valence-electron chi connectivity index (χ3n) is 3.83. The molecule has 21 heavy (non-hydrogen) atoms. The second-order valence-corrected chi connectivity index (χ2v) is 5.59. The molecule has 0 bridgehead atoms. The lowest BCUT2D eigenvalue weighted by Gasteiger charge is -2.17. The zero-order chi connectivity index (χ0) is 15.2. The Labute approximate surface area is 125 Å². The number of carboxylic acid groups (broad SMARTS) is 1. The molecule has 1 saturated heterocycles. The zero-order valence-electron chi connectivity index (χ0n) is 12.3. The van der Waals surface area contributed by atoms with Crippen LogP contribution in [0.15, 0.2) is 24.3 Å². The van der Waals surface area contributed by atoms with Crippen molar-refractivity contribution in [2.75, 3.05) is 18.4 Å². The van der Waals surface area contributed by atoms with E-state index in [0.717, 1.165) is 31.5 Å². The van der Waals surface area contributed by atoms with Crippen LogP contribution in [0, 0.1) is 5.92 Å². The van der Waals surface area contributed by atoms with Gasteiger partial charge in [-0.05, 0) is 36.5 Å². The van der Waals surface area contributed by atoms with Crippen molar-refractivity contribution >= 4 is 17.7 Å². The molecule has 1 atom stereocenters. The van der Waals surface area contributed by atoms with Crippen molar-refractivity contribution in [1.82, 2.24) is 4.90 Å². The smallest absolute Gasteiger partial charge is 0.321 e. The average Bonchev–Trinajstić information content (AvgIpc) is 2.89. The lowest BCUT2D eigenvalue weighted by atomic mass is 10.0. The first-order valence-electron chi connectivity index (χ1n) is 7.45. The number of anilines is 1. The Hall–Kier alpha value is -2.04. The highest BCUT2D eigenvalue weighted by molar-refractivity contribution is 5.89. The zero-order valence-corrected chi connectivity index (χ0v) is 12.3. The van der Waals surface area contributed by atoms with Crippen LogP contribution >= 0.6 is 0 Å². The van der Waals surface area contributed by atoms with Crippen LogP contribution in [0.3, 0.4) is 0 Å². The van der Waals surface area contributed by atoms with Gasteiger partial charge in [0, 0.05) is 18.8 Å². The number of carboxylic acids is 1. The molecule has 0 saturated carbocycles. The number of amides is 2. The van der Waals surface area contributed by atoms with Gasteiger partial charge < -0.3 is 15.3 Å². The summed E-state index contributed by atoms with van der Waals surface area (Å²) in [4.78, 5) is 24.6. The van der Waals surface area contributed by atoms with Crippen molar-refractivity contribution < 1.29 is 14.7 Å². The summed E-state index contributed by atoms with van der Waals surface area (Å²) >= 11 is 0. The maximum Gasteiger partial charge on any atom is 0.321 e. The Bertz CT molecular complexity index is 499. The molecule has 5 heteroatoms. The number of likely N-dealkylation sites (tertiary alicyclic amines) is 1. The van der Waals surface area contributed by atoms with E-state index in [-0.39, 0.29) is 12.5 Å². The molecule has 0 spiro atoms. The van der Waals surface area contributed by atoms with E-state index < -0.39 is 5.97 Å². The van der Waals surface area contributed by atoms with Crippen molar-refractivity contribution in [3.05, 3.63) is 29.8 Å². The highest BCUT2D eigenvalue weighted by Gasteiger charge is 2.25. The largest absolute Gasteiger partial charge is 0.481 e. The first-order chi connectivity index (χ1) is 10.1. The number of carbonyl (C=O) groups excluding carboxylic acids is 1. The van der Waals surface area contributed by atoms with Gasteiger partial charge in [0.1, 0.15) is 0 Å². The minimum absolute atomic E-state index is 0.000943. The van der Waals surface area contributed by atoms with Crippen LogP contribution in [-0.4, -0.2) is 35.1 Å². The van der Waals surface area contributed by atoms with Gasteiger partial charge >= 0.3 is 12.0 Å². The number of aliphatic carboxylic acids is 1. The van der Waals surface area contributed by atoms with Gasteiger partial charge in [0.25, 0.3) is 0 Å². The predicted molar refractivity (Wildman–Crippen MR) is 81.4 cm³/mol. The Kier molecular flexibility index (Phi) is 5.20. The van der Waals surface area contributed by atoms with Crippen LogP contribution in [0.25, 0.3) is 0 Å². The Morgan fingerprint density at radius 2 is 2.05 bits per heavy atom. The summed E-state index contributed by atoms with van der Waals surface area (Å²) in [6.07, 6.45) is 3.41. The quantitative estimate of drug-likeness (QED) is 0.876. The molecule has 2 rings (SSSR count). The number of nitrogens with zero attached hydrogens (tertiary/aromatic N) is 1. The first-order valence-corrected chi connectivity index (χ1v) is 7.45. The monoisotopic (exact) mass is 290 g/mol. The molecule has 2 amide bonds. The lowest BCUT2D eigenvalue weighted by Crippen LogP contribution is -2.32. The second kappa shape index (κ2) is 7.11. The van der Waals surface area contributed by atoms with Crippen molar-refractivity contribution in [3.63, 3.8) is 0 Å². The summed E-state index contributed by atoms with van der Waals surface area (Å²) in [5, 5.41) is 11.6. The molecule has 0 aliphatic carbocycles. The van der Waals surface area contributed by atoms with Crippen LogP contribution in [0.1, 0.15) is 31.7 Å². The number of nitrogens with one attached hydrogen (secondary N) is 1. The van der Waals surface area contributed by atoms with E-state index >= 15 is 0 Å². The summed E-state index contributed by atoms with van der Waals surface area (Å²) in [7, 11) is 0. The molecule has 1 aliphatic rings. The molecular formula is C16H22N2O3. The predicted octanol–water partition coefficient (Wildman–Crippen LogP) is 2.97. The normalized spacial score (nSPS) is 17.8. The van der Waals surface area contributed by atoms with Crippen LogP contribution in [0.4, 0.5) is 10.5 Å². The highest BCUT2D eigenvalue weighted by Crippen LogP contribution is 2.21. The van der Waals surface area contributed by atoms with Crippen LogP contribution < -0.4 is 5.32 Å². The van der Waals surface area contributed by atoms with E-state index in [9.17, 15) is 9.59 Å². The van der Waals surface area contributed by atoms with Crippen molar-refractivity contribution in [3.8, 4) is 0 Å². The fourth-order valence-corrected chi connectivity index (χ4v) is 2.74. The van der Waals surface area contributed by atoms with Crippen LogP contribution in [0.5, 0.6) is 0 Å². The van der Waals surface area contributed by atoms with E-state index in [1.54, 1.807) is 24.3 Å². The number of carbonyl (C=O) groups is 2. The molecule has 0 radical (unpaired) electrons. The minimum atomic E-state index is -0.856. The van der Waals surface area contributed by atoms with E-state index in [1.165, 1.54) is 6.42 Å². The molecule has 114 valence electrons. The topological polar surface area (TPSA) is 69.6 Å². The number of hydrogen-bond donors (Lipinski definition) is 2. The van der Waals surface area contributed by atoms with E-state index in [4.69, 9.17) is 5.11 Å². The standard InChI is InChI=1S/C16H22N2O3/c1-2-3-13-8-9-18(11-13)16(21)17-14-6-4-12(5-7-14)10-15(19)20/h4-7,13H,2-3,8-11H2,1H3,(H,17,21)(H,19,20). The van der Waals surface area contributed by atoms with Gasteiger partial charge in [-0.15, -0.1) is 0 Å². The summed E-state index contributed by atoms with van der Waals surface area (Å²) in [5.41, 5.74) is 1.43. The maximum atomic E-state index is 12.1. The number of rotatable bonds is 5. The summed E-state index contributed by atoms with van der Waals surface area (Å²) in [5.74, 6) is -0.232. The average molecular weight is 290 g/mol. The summed E-state index contributed by atoms with van der Waals surface area (Å²) in [6.45, 7) is 3.81. The van der Waals surface area contributed by atoms with Crippen molar-refractivity contribution in [2.24, 2.45) is 5.92 Å². The fourth-order valence-electron chi connectivity index (χ4n) is 2.74. The number of urea groups is 1. The third-order valence-corrected chi connectivity index (χ3v) is 3.83. The molecule has 2 N–H and O–H groups in total. The van der Waals surface area contributed by atoms with Gasteiger partial charge in [-0.25, -0.2) is 4.79 Å². The molecule has 1 fully saturated rings. The van der Waals surface area contributed by atoms with Gasteiger partial charge in [-0.1, -0.05) is 25.5 Å². The SMILES string of the molecule is CCCC1CCN(C(=O)Nc2ccc(CC(=O)O)cc2)C1. The van der Waals surface area contributed by atoms with Crippen molar-refractivity contribution in [2.45, 2.75) is 32.6 Å². The van der Waals surface area contributed by atoms with Crippen LogP contribution in [0.2, 0.25) is 0 Å². The highest BCUT2D eigenvalue weighted by atomic mass is 16.4. The van der Waals surface area contributed by atoms with Crippen molar-refractivity contribution in [1.29, 1.82) is 0 Å². The van der Waals surface area contributed by atoms with Crippen LogP contribution in [-0.2, 0) is 11.2 Å². The van der Waals surface area contributed by atoms with Gasteiger partial charge in [-0.3, -0.25) is 4.79 Å². The fraction of sp³-hybridized carbons (Fsp3) is 0.500. The molecule has 1 aliphatic heterocycles. The Morgan fingerprint density at radius 3 is 2.67 bits per heavy atom. The minimum Gasteiger partial charge on any atom is -0.481 e. The first kappa shape index (κ1) is 15.4. The molecular weight excluding hydrogens is 268 g/mol. The van der Waals surface area contributed by atoms with E-state index in [1.807, 2.05) is 4.90 Å². The molecule has 1 unspecified atom stereocenters. The van der Waals surface area contributed by atoms with E-state index in [0.29, 0.717) is 11.6 Å². The summed E-state index contributed by atoms with van der Waals surface area (Å²) in [6, 6.07) is 6.88. The molecule has 1 aromatic rings. The van der Waals surface area contributed by atoms with Gasteiger partial charge in [0.2, 0.25) is 0 Å².